The molecular formula is C14H16ClNO2. The molecule has 0 spiro atoms. The fourth-order valence-electron chi connectivity index (χ4n) is 2.05. The average molecular weight is 266 g/mol. The van der Waals surface area contributed by atoms with Crippen molar-refractivity contribution in [2.75, 3.05) is 14.2 Å². The summed E-state index contributed by atoms with van der Waals surface area (Å²) in [6, 6.07) is 7.59. The van der Waals surface area contributed by atoms with Crippen LogP contribution in [0, 0.1) is 6.92 Å². The van der Waals surface area contributed by atoms with Crippen LogP contribution in [0.5, 0.6) is 5.75 Å². The van der Waals surface area contributed by atoms with Gasteiger partial charge >= 0.3 is 0 Å². The van der Waals surface area contributed by atoms with E-state index in [9.17, 15) is 0 Å². The molecule has 0 radical (unpaired) electrons. The van der Waals surface area contributed by atoms with E-state index in [4.69, 9.17) is 20.8 Å². The molecule has 1 aromatic heterocycles. The van der Waals surface area contributed by atoms with Crippen molar-refractivity contribution in [1.29, 1.82) is 0 Å². The second-order valence-corrected chi connectivity index (χ2v) is 4.54. The Bertz CT molecular complexity index is 536. The van der Waals surface area contributed by atoms with E-state index >= 15 is 0 Å². The Morgan fingerprint density at radius 3 is 2.67 bits per heavy atom. The number of halogens is 1. The van der Waals surface area contributed by atoms with E-state index in [1.165, 1.54) is 0 Å². The number of aryl methyl sites for hydroxylation is 1. The van der Waals surface area contributed by atoms with Crippen LogP contribution in [0.15, 0.2) is 34.9 Å². The molecule has 0 amide bonds. The average Bonchev–Trinajstić information content (AvgIpc) is 2.77. The molecule has 1 atom stereocenters. The van der Waals surface area contributed by atoms with E-state index in [1.54, 1.807) is 13.4 Å². The van der Waals surface area contributed by atoms with Crippen LogP contribution in [0.3, 0.4) is 0 Å². The van der Waals surface area contributed by atoms with Gasteiger partial charge in [0.1, 0.15) is 11.5 Å². The van der Waals surface area contributed by atoms with Crippen molar-refractivity contribution in [2.45, 2.75) is 13.0 Å². The highest BCUT2D eigenvalue weighted by atomic mass is 35.5. The quantitative estimate of drug-likeness (QED) is 0.918. The molecule has 1 heterocycles. The number of benzene rings is 1. The Balaban J connectivity index is 2.47. The van der Waals surface area contributed by atoms with E-state index in [-0.39, 0.29) is 6.04 Å². The smallest absolute Gasteiger partial charge is 0.124 e. The molecule has 1 aromatic carbocycles. The minimum Gasteiger partial charge on any atom is -0.496 e. The Kier molecular flexibility index (Phi) is 3.94. The van der Waals surface area contributed by atoms with Crippen LogP contribution in [-0.2, 0) is 0 Å². The molecule has 1 unspecified atom stereocenters. The Labute approximate surface area is 112 Å². The zero-order chi connectivity index (χ0) is 13.1. The normalized spacial score (nSPS) is 12.4. The topological polar surface area (TPSA) is 34.4 Å². The van der Waals surface area contributed by atoms with Crippen LogP contribution in [0.25, 0.3) is 0 Å². The summed E-state index contributed by atoms with van der Waals surface area (Å²) in [5.41, 5.74) is 2.05. The predicted molar refractivity (Wildman–Crippen MR) is 72.4 cm³/mol. The number of nitrogens with one attached hydrogen (secondary N) is 1. The van der Waals surface area contributed by atoms with Crippen LogP contribution in [0.2, 0.25) is 5.02 Å². The van der Waals surface area contributed by atoms with Crippen LogP contribution in [-0.4, -0.2) is 14.2 Å². The van der Waals surface area contributed by atoms with E-state index in [1.807, 2.05) is 38.2 Å². The lowest BCUT2D eigenvalue weighted by Crippen LogP contribution is -2.17. The molecule has 0 aliphatic rings. The minimum atomic E-state index is -0.00361. The van der Waals surface area contributed by atoms with Crippen molar-refractivity contribution in [3.63, 3.8) is 0 Å². The molecule has 0 aliphatic heterocycles. The monoisotopic (exact) mass is 265 g/mol. The molecule has 0 fully saturated rings. The van der Waals surface area contributed by atoms with Gasteiger partial charge in [0.25, 0.3) is 0 Å². The van der Waals surface area contributed by atoms with Crippen molar-refractivity contribution < 1.29 is 9.15 Å². The second-order valence-electron chi connectivity index (χ2n) is 4.10. The van der Waals surface area contributed by atoms with E-state index < -0.39 is 0 Å². The standard InChI is InChI=1S/C14H16ClNO2/c1-9-6-10(8-18-9)14(16-2)12-7-11(15)4-5-13(12)17-3/h4-8,14,16H,1-3H3. The van der Waals surface area contributed by atoms with E-state index in [0.717, 1.165) is 22.6 Å². The van der Waals surface area contributed by atoms with Gasteiger partial charge in [-0.3, -0.25) is 0 Å². The first-order valence-electron chi connectivity index (χ1n) is 5.71. The maximum atomic E-state index is 6.06. The lowest BCUT2D eigenvalue weighted by Gasteiger charge is -2.18. The number of hydrogen-bond acceptors (Lipinski definition) is 3. The Hall–Kier alpha value is -1.45. The molecule has 2 aromatic rings. The van der Waals surface area contributed by atoms with E-state index in [0.29, 0.717) is 5.02 Å². The molecule has 0 saturated carbocycles. The number of rotatable bonds is 4. The summed E-state index contributed by atoms with van der Waals surface area (Å²) in [6.45, 7) is 1.92. The summed E-state index contributed by atoms with van der Waals surface area (Å²) in [4.78, 5) is 0. The molecule has 0 saturated heterocycles. The Morgan fingerprint density at radius 2 is 2.11 bits per heavy atom. The summed E-state index contributed by atoms with van der Waals surface area (Å²) >= 11 is 6.06. The summed E-state index contributed by atoms with van der Waals surface area (Å²) in [7, 11) is 3.55. The van der Waals surface area contributed by atoms with E-state index in [2.05, 4.69) is 5.32 Å². The van der Waals surface area contributed by atoms with Crippen LogP contribution in [0.1, 0.15) is 22.9 Å². The number of methoxy groups -OCH3 is 1. The fraction of sp³-hybridized carbons (Fsp3) is 0.286. The second kappa shape index (κ2) is 5.46. The lowest BCUT2D eigenvalue weighted by atomic mass is 10.00. The first kappa shape index (κ1) is 13.0. The first-order chi connectivity index (χ1) is 8.65. The summed E-state index contributed by atoms with van der Waals surface area (Å²) in [5.74, 6) is 1.68. The molecule has 1 N–H and O–H groups in total. The summed E-state index contributed by atoms with van der Waals surface area (Å²) in [5, 5.41) is 3.94. The van der Waals surface area contributed by atoms with Crippen LogP contribution in [0.4, 0.5) is 0 Å². The predicted octanol–water partition coefficient (Wildman–Crippen LogP) is 3.56. The lowest BCUT2D eigenvalue weighted by molar-refractivity contribution is 0.405. The SMILES string of the molecule is CNC(c1coc(C)c1)c1cc(Cl)ccc1OC. The third kappa shape index (κ3) is 2.52. The van der Waals surface area contributed by atoms with Gasteiger partial charge in [-0.15, -0.1) is 0 Å². The first-order valence-corrected chi connectivity index (χ1v) is 6.09. The van der Waals surface area contributed by atoms with Gasteiger partial charge in [0.05, 0.1) is 19.4 Å². The molecule has 18 heavy (non-hydrogen) atoms. The third-order valence-electron chi connectivity index (χ3n) is 2.88. The maximum absolute atomic E-state index is 6.06. The summed E-state index contributed by atoms with van der Waals surface area (Å²) < 4.78 is 10.7. The molecule has 2 rings (SSSR count). The van der Waals surface area contributed by atoms with Gasteiger partial charge < -0.3 is 14.5 Å². The van der Waals surface area contributed by atoms with Gasteiger partial charge in [-0.2, -0.15) is 0 Å². The third-order valence-corrected chi connectivity index (χ3v) is 3.11. The van der Waals surface area contributed by atoms with Crippen LogP contribution < -0.4 is 10.1 Å². The van der Waals surface area contributed by atoms with Crippen molar-refractivity contribution >= 4 is 11.6 Å². The zero-order valence-electron chi connectivity index (χ0n) is 10.7. The molecule has 96 valence electrons. The van der Waals surface area contributed by atoms with Crippen molar-refractivity contribution in [2.24, 2.45) is 0 Å². The highest BCUT2D eigenvalue weighted by Crippen LogP contribution is 2.32. The van der Waals surface area contributed by atoms with Crippen LogP contribution >= 0.6 is 11.6 Å². The van der Waals surface area contributed by atoms with Crippen molar-refractivity contribution in [3.05, 3.63) is 52.4 Å². The molecule has 0 bridgehead atoms. The van der Waals surface area contributed by atoms with Gasteiger partial charge in [0, 0.05) is 16.1 Å². The fourth-order valence-corrected chi connectivity index (χ4v) is 2.23. The van der Waals surface area contributed by atoms with Gasteiger partial charge in [0.15, 0.2) is 0 Å². The van der Waals surface area contributed by atoms with Crippen molar-refractivity contribution in [1.82, 2.24) is 5.32 Å². The summed E-state index contributed by atoms with van der Waals surface area (Å²) in [6.07, 6.45) is 1.75. The maximum Gasteiger partial charge on any atom is 0.124 e. The highest BCUT2D eigenvalue weighted by Gasteiger charge is 2.18. The van der Waals surface area contributed by atoms with Gasteiger partial charge in [-0.05, 0) is 38.2 Å². The van der Waals surface area contributed by atoms with Gasteiger partial charge in [0.2, 0.25) is 0 Å². The molecule has 0 aliphatic carbocycles. The highest BCUT2D eigenvalue weighted by molar-refractivity contribution is 6.30. The Morgan fingerprint density at radius 1 is 1.33 bits per heavy atom. The molecular weight excluding hydrogens is 250 g/mol. The number of furan rings is 1. The zero-order valence-corrected chi connectivity index (χ0v) is 11.4. The number of hydrogen-bond donors (Lipinski definition) is 1. The number of ether oxygens (including phenoxy) is 1. The minimum absolute atomic E-state index is 0.00361. The molecule has 4 heteroatoms. The van der Waals surface area contributed by atoms with Gasteiger partial charge in [-0.25, -0.2) is 0 Å². The van der Waals surface area contributed by atoms with Crippen molar-refractivity contribution in [3.8, 4) is 5.75 Å². The molecule has 3 nitrogen and oxygen atoms in total. The largest absolute Gasteiger partial charge is 0.496 e. The van der Waals surface area contributed by atoms with Gasteiger partial charge in [-0.1, -0.05) is 11.6 Å².